The van der Waals surface area contributed by atoms with Gasteiger partial charge in [0.15, 0.2) is 4.34 Å². The van der Waals surface area contributed by atoms with Crippen molar-refractivity contribution in [3.05, 3.63) is 12.7 Å². The van der Waals surface area contributed by atoms with Gasteiger partial charge in [-0.3, -0.25) is 4.79 Å². The van der Waals surface area contributed by atoms with E-state index in [-0.39, 0.29) is 17.1 Å². The summed E-state index contributed by atoms with van der Waals surface area (Å²) in [6.45, 7) is 11.6. The predicted molar refractivity (Wildman–Crippen MR) is 90.9 cm³/mol. The van der Waals surface area contributed by atoms with Crippen LogP contribution in [0.3, 0.4) is 0 Å². The summed E-state index contributed by atoms with van der Waals surface area (Å²) in [5.74, 6) is -0.159. The van der Waals surface area contributed by atoms with Gasteiger partial charge in [0.1, 0.15) is 5.54 Å². The van der Waals surface area contributed by atoms with Crippen LogP contribution in [0.2, 0.25) is 0 Å². The molecule has 0 saturated heterocycles. The van der Waals surface area contributed by atoms with E-state index in [4.69, 9.17) is 0 Å². The molecule has 1 heterocycles. The first-order valence-electron chi connectivity index (χ1n) is 6.90. The molecule has 0 radical (unpaired) electrons. The minimum Gasteiger partial charge on any atom is -0.357 e. The Morgan fingerprint density at radius 3 is 2.77 bits per heavy atom. The molecule has 0 aliphatic carbocycles. The lowest BCUT2D eigenvalue weighted by molar-refractivity contribution is -0.121. The van der Waals surface area contributed by atoms with Crippen LogP contribution in [0.25, 0.3) is 0 Å². The summed E-state index contributed by atoms with van der Waals surface area (Å²) in [5.41, 5.74) is -0.871. The number of nitriles is 1. The summed E-state index contributed by atoms with van der Waals surface area (Å²) in [6, 6.07) is 2.17. The van der Waals surface area contributed by atoms with Crippen molar-refractivity contribution in [1.82, 2.24) is 15.5 Å². The summed E-state index contributed by atoms with van der Waals surface area (Å²) in [4.78, 5) is 12.2. The van der Waals surface area contributed by atoms with Gasteiger partial charge in [-0.05, 0) is 19.8 Å². The third kappa shape index (κ3) is 5.00. The maximum Gasteiger partial charge on any atom is 0.234 e. The molecule has 0 unspecified atom stereocenters. The Hall–Kier alpha value is -1.59. The highest BCUT2D eigenvalue weighted by molar-refractivity contribution is 8.02. The van der Waals surface area contributed by atoms with Crippen molar-refractivity contribution in [2.45, 2.75) is 42.8 Å². The van der Waals surface area contributed by atoms with Gasteiger partial charge in [-0.2, -0.15) is 5.26 Å². The summed E-state index contributed by atoms with van der Waals surface area (Å²) in [7, 11) is 0. The van der Waals surface area contributed by atoms with Gasteiger partial charge in [0.25, 0.3) is 0 Å². The highest BCUT2D eigenvalue weighted by Crippen LogP contribution is 2.29. The van der Waals surface area contributed by atoms with Crippen molar-refractivity contribution in [1.29, 1.82) is 5.26 Å². The third-order valence-electron chi connectivity index (χ3n) is 3.22. The molecule has 1 aromatic heterocycles. The Bertz CT molecular complexity index is 566. The summed E-state index contributed by atoms with van der Waals surface area (Å²) in [6.07, 6.45) is 1.74. The first-order valence-corrected chi connectivity index (χ1v) is 8.60. The summed E-state index contributed by atoms with van der Waals surface area (Å²) < 4.78 is 0.706. The smallest absolute Gasteiger partial charge is 0.234 e. The van der Waals surface area contributed by atoms with Crippen LogP contribution in [-0.2, 0) is 4.79 Å². The van der Waals surface area contributed by atoms with E-state index in [0.29, 0.717) is 16.0 Å². The number of nitrogens with one attached hydrogen (secondary N) is 2. The number of rotatable bonds is 8. The van der Waals surface area contributed by atoms with Crippen molar-refractivity contribution in [2.75, 3.05) is 11.9 Å². The van der Waals surface area contributed by atoms with Crippen molar-refractivity contribution in [2.24, 2.45) is 5.92 Å². The normalized spacial score (nSPS) is 14.7. The van der Waals surface area contributed by atoms with Gasteiger partial charge in [-0.15, -0.1) is 16.8 Å². The van der Waals surface area contributed by atoms with E-state index in [1.807, 2.05) is 13.8 Å². The molecule has 120 valence electrons. The average molecular weight is 339 g/mol. The molecule has 1 aromatic rings. The molecule has 0 aromatic carbocycles. The number of hydrogen-bond donors (Lipinski definition) is 2. The van der Waals surface area contributed by atoms with E-state index in [1.165, 1.54) is 23.1 Å². The molecule has 0 spiro atoms. The fourth-order valence-corrected chi connectivity index (χ4v) is 3.25. The van der Waals surface area contributed by atoms with Crippen LogP contribution >= 0.6 is 23.1 Å². The van der Waals surface area contributed by atoms with Gasteiger partial charge in [-0.25, -0.2) is 0 Å². The zero-order valence-electron chi connectivity index (χ0n) is 13.2. The van der Waals surface area contributed by atoms with Gasteiger partial charge < -0.3 is 10.6 Å². The molecule has 1 rings (SSSR count). The van der Waals surface area contributed by atoms with Gasteiger partial charge >= 0.3 is 0 Å². The van der Waals surface area contributed by atoms with E-state index in [1.54, 1.807) is 19.9 Å². The molecular weight excluding hydrogens is 318 g/mol. The van der Waals surface area contributed by atoms with Crippen LogP contribution in [0.15, 0.2) is 17.0 Å². The summed E-state index contributed by atoms with van der Waals surface area (Å²) in [5, 5.41) is 23.5. The van der Waals surface area contributed by atoms with Crippen molar-refractivity contribution >= 4 is 34.1 Å². The van der Waals surface area contributed by atoms with E-state index in [0.717, 1.165) is 0 Å². The first-order chi connectivity index (χ1) is 10.3. The number of aromatic nitrogens is 2. The molecule has 6 nitrogen and oxygen atoms in total. The molecular formula is C14H21N5OS2. The number of amides is 1. The Morgan fingerprint density at radius 1 is 1.55 bits per heavy atom. The molecule has 0 bridgehead atoms. The molecule has 22 heavy (non-hydrogen) atoms. The molecule has 2 N–H and O–H groups in total. The second-order valence-electron chi connectivity index (χ2n) is 5.26. The molecule has 0 saturated carbocycles. The van der Waals surface area contributed by atoms with Gasteiger partial charge in [0.2, 0.25) is 11.0 Å². The highest BCUT2D eigenvalue weighted by atomic mass is 32.2. The standard InChI is InChI=1S/C14H21N5OS2/c1-6-7-16-12-18-19-13(22-12)21-10(4)11(20)17-14(5,8-15)9(2)3/h6,9-10H,1,7H2,2-5H3,(H,16,18)(H,17,20)/t10-,14+/m1/s1. The molecule has 0 fully saturated rings. The van der Waals surface area contributed by atoms with E-state index in [2.05, 4.69) is 33.5 Å². The monoisotopic (exact) mass is 339 g/mol. The maximum atomic E-state index is 12.2. The van der Waals surface area contributed by atoms with Crippen LogP contribution in [0.4, 0.5) is 5.13 Å². The fraction of sp³-hybridized carbons (Fsp3) is 0.571. The molecule has 2 atom stereocenters. The number of thioether (sulfide) groups is 1. The minimum atomic E-state index is -0.871. The zero-order valence-corrected chi connectivity index (χ0v) is 14.8. The fourth-order valence-electron chi connectivity index (χ4n) is 1.35. The topological polar surface area (TPSA) is 90.7 Å². The van der Waals surface area contributed by atoms with Gasteiger partial charge in [-0.1, -0.05) is 43.0 Å². The van der Waals surface area contributed by atoms with E-state index in [9.17, 15) is 10.1 Å². The van der Waals surface area contributed by atoms with Crippen LogP contribution in [0.1, 0.15) is 27.7 Å². The number of anilines is 1. The van der Waals surface area contributed by atoms with Crippen molar-refractivity contribution < 1.29 is 4.79 Å². The average Bonchev–Trinajstić information content (AvgIpc) is 2.92. The number of hydrogen-bond acceptors (Lipinski definition) is 7. The molecule has 0 aliphatic rings. The van der Waals surface area contributed by atoms with Gasteiger partial charge in [0.05, 0.1) is 11.3 Å². The lowest BCUT2D eigenvalue weighted by atomic mass is 9.90. The first kappa shape index (κ1) is 18.5. The Kier molecular flexibility index (Phi) is 6.84. The molecule has 8 heteroatoms. The third-order valence-corrected chi connectivity index (χ3v) is 5.29. The number of carbonyl (C=O) groups excluding carboxylic acids is 1. The molecule has 0 aliphatic heterocycles. The second kappa shape index (κ2) is 8.15. The highest BCUT2D eigenvalue weighted by Gasteiger charge is 2.32. The largest absolute Gasteiger partial charge is 0.357 e. The quantitative estimate of drug-likeness (QED) is 0.559. The molecule has 1 amide bonds. The number of nitrogens with zero attached hydrogens (tertiary/aromatic N) is 3. The summed E-state index contributed by atoms with van der Waals surface area (Å²) >= 11 is 2.71. The van der Waals surface area contributed by atoms with Crippen LogP contribution < -0.4 is 10.6 Å². The Labute approximate surface area is 139 Å². The van der Waals surface area contributed by atoms with E-state index >= 15 is 0 Å². The lowest BCUT2D eigenvalue weighted by Gasteiger charge is -2.28. The van der Waals surface area contributed by atoms with Crippen LogP contribution in [0.5, 0.6) is 0 Å². The van der Waals surface area contributed by atoms with Crippen LogP contribution in [-0.4, -0.2) is 33.4 Å². The van der Waals surface area contributed by atoms with Gasteiger partial charge in [0, 0.05) is 6.54 Å². The second-order valence-corrected chi connectivity index (χ2v) is 7.83. The predicted octanol–water partition coefficient (Wildman–Crippen LogP) is 2.67. The zero-order chi connectivity index (χ0) is 16.8. The van der Waals surface area contributed by atoms with Crippen molar-refractivity contribution in [3.8, 4) is 6.07 Å². The maximum absolute atomic E-state index is 12.2. The SMILES string of the molecule is C=CCNc1nnc(S[C@H](C)C(=O)N[C@@](C)(C#N)C(C)C)s1. The Balaban J connectivity index is 2.63. The minimum absolute atomic E-state index is 0.0230. The van der Waals surface area contributed by atoms with E-state index < -0.39 is 5.54 Å². The Morgan fingerprint density at radius 2 is 2.23 bits per heavy atom. The van der Waals surface area contributed by atoms with Crippen molar-refractivity contribution in [3.63, 3.8) is 0 Å². The van der Waals surface area contributed by atoms with Crippen LogP contribution in [0, 0.1) is 17.2 Å². The number of carbonyl (C=O) groups is 1. The lowest BCUT2D eigenvalue weighted by Crippen LogP contribution is -2.51.